The molecule has 6 heteroatoms. The lowest BCUT2D eigenvalue weighted by molar-refractivity contribution is -0.139. The molecule has 0 aromatic heterocycles. The Kier molecular flexibility index (Phi) is 4.86. The number of halogens is 1. The standard InChI is InChI=1S/C13H16FNO4/c1-13(2,14)8-15-12(18)9-4-3-5-10(6-9)19-7-11(16)17/h3-6H,7-8H2,1-2H3,(H,15,18)(H,16,17). The van der Waals surface area contributed by atoms with Gasteiger partial charge < -0.3 is 15.2 Å². The highest BCUT2D eigenvalue weighted by Crippen LogP contribution is 2.13. The van der Waals surface area contributed by atoms with Crippen LogP contribution in [-0.2, 0) is 4.79 Å². The van der Waals surface area contributed by atoms with Gasteiger partial charge in [-0.1, -0.05) is 6.07 Å². The highest BCUT2D eigenvalue weighted by atomic mass is 19.1. The fourth-order valence-corrected chi connectivity index (χ4v) is 1.26. The van der Waals surface area contributed by atoms with Crippen molar-refractivity contribution in [2.24, 2.45) is 0 Å². The molecule has 0 aliphatic rings. The number of hydrogen-bond donors (Lipinski definition) is 2. The Morgan fingerprint density at radius 1 is 1.42 bits per heavy atom. The van der Waals surface area contributed by atoms with Crippen LogP contribution in [0.15, 0.2) is 24.3 Å². The van der Waals surface area contributed by atoms with Crippen molar-refractivity contribution in [3.63, 3.8) is 0 Å². The summed E-state index contributed by atoms with van der Waals surface area (Å²) in [5.41, 5.74) is -1.21. The summed E-state index contributed by atoms with van der Waals surface area (Å²) in [6, 6.07) is 6.04. The molecule has 0 radical (unpaired) electrons. The first-order chi connectivity index (χ1) is 8.78. The predicted molar refractivity (Wildman–Crippen MR) is 67.1 cm³/mol. The molecule has 1 aromatic carbocycles. The number of carboxylic acids is 1. The minimum absolute atomic E-state index is 0.105. The molecule has 0 aliphatic heterocycles. The van der Waals surface area contributed by atoms with Crippen molar-refractivity contribution < 1.29 is 23.8 Å². The topological polar surface area (TPSA) is 75.6 Å². The van der Waals surface area contributed by atoms with Crippen molar-refractivity contribution in [1.82, 2.24) is 5.32 Å². The Morgan fingerprint density at radius 2 is 2.11 bits per heavy atom. The van der Waals surface area contributed by atoms with Crippen molar-refractivity contribution in [2.75, 3.05) is 13.2 Å². The van der Waals surface area contributed by atoms with E-state index in [2.05, 4.69) is 5.32 Å². The number of rotatable bonds is 6. The smallest absolute Gasteiger partial charge is 0.341 e. The molecule has 0 aliphatic carbocycles. The van der Waals surface area contributed by atoms with E-state index in [0.717, 1.165) is 0 Å². The van der Waals surface area contributed by atoms with Crippen molar-refractivity contribution in [1.29, 1.82) is 0 Å². The van der Waals surface area contributed by atoms with Crippen LogP contribution in [0.4, 0.5) is 4.39 Å². The van der Waals surface area contributed by atoms with E-state index in [-0.39, 0.29) is 17.9 Å². The molecular weight excluding hydrogens is 253 g/mol. The Hall–Kier alpha value is -2.11. The fourth-order valence-electron chi connectivity index (χ4n) is 1.26. The normalized spacial score (nSPS) is 10.9. The van der Waals surface area contributed by atoms with Crippen LogP contribution < -0.4 is 10.1 Å². The maximum absolute atomic E-state index is 13.2. The Morgan fingerprint density at radius 3 is 2.68 bits per heavy atom. The van der Waals surface area contributed by atoms with Gasteiger partial charge in [-0.15, -0.1) is 0 Å². The van der Waals surface area contributed by atoms with Gasteiger partial charge in [0.1, 0.15) is 11.4 Å². The van der Waals surface area contributed by atoms with Crippen LogP contribution in [0, 0.1) is 0 Å². The highest BCUT2D eigenvalue weighted by molar-refractivity contribution is 5.94. The minimum Gasteiger partial charge on any atom is -0.482 e. The van der Waals surface area contributed by atoms with Crippen LogP contribution in [0.3, 0.4) is 0 Å². The van der Waals surface area contributed by atoms with Gasteiger partial charge in [-0.05, 0) is 32.0 Å². The lowest BCUT2D eigenvalue weighted by atomic mass is 10.1. The number of aliphatic carboxylic acids is 1. The number of alkyl halides is 1. The maximum atomic E-state index is 13.2. The number of benzene rings is 1. The van der Waals surface area contributed by atoms with Gasteiger partial charge >= 0.3 is 5.97 Å². The number of hydrogen-bond acceptors (Lipinski definition) is 3. The van der Waals surface area contributed by atoms with Gasteiger partial charge in [0.25, 0.3) is 5.91 Å². The van der Waals surface area contributed by atoms with E-state index < -0.39 is 24.2 Å². The Bertz CT molecular complexity index is 468. The van der Waals surface area contributed by atoms with E-state index in [1.54, 1.807) is 12.1 Å². The Balaban J connectivity index is 2.65. The lowest BCUT2D eigenvalue weighted by Gasteiger charge is -2.15. The third kappa shape index (κ3) is 5.85. The van der Waals surface area contributed by atoms with E-state index >= 15 is 0 Å². The molecule has 0 saturated carbocycles. The molecule has 0 unspecified atom stereocenters. The van der Waals surface area contributed by atoms with E-state index in [9.17, 15) is 14.0 Å². The van der Waals surface area contributed by atoms with Gasteiger partial charge in [-0.2, -0.15) is 0 Å². The molecule has 5 nitrogen and oxygen atoms in total. The molecule has 104 valence electrons. The molecule has 0 heterocycles. The third-order valence-corrected chi connectivity index (χ3v) is 2.13. The van der Waals surface area contributed by atoms with Gasteiger partial charge in [0, 0.05) is 5.56 Å². The van der Waals surface area contributed by atoms with Crippen LogP contribution >= 0.6 is 0 Å². The molecule has 0 atom stereocenters. The van der Waals surface area contributed by atoms with Crippen molar-refractivity contribution >= 4 is 11.9 Å². The summed E-state index contributed by atoms with van der Waals surface area (Å²) in [5.74, 6) is -1.27. The first-order valence-corrected chi connectivity index (χ1v) is 5.70. The molecule has 1 amide bonds. The second-order valence-electron chi connectivity index (χ2n) is 4.61. The minimum atomic E-state index is -1.49. The van der Waals surface area contributed by atoms with Gasteiger partial charge in [0.15, 0.2) is 6.61 Å². The first kappa shape index (κ1) is 14.9. The molecule has 0 bridgehead atoms. The highest BCUT2D eigenvalue weighted by Gasteiger charge is 2.17. The molecule has 2 N–H and O–H groups in total. The third-order valence-electron chi connectivity index (χ3n) is 2.13. The summed E-state index contributed by atoms with van der Waals surface area (Å²) in [6.45, 7) is 2.13. The number of carboxylic acid groups (broad SMARTS) is 1. The van der Waals surface area contributed by atoms with E-state index in [1.807, 2.05) is 0 Å². The number of amides is 1. The zero-order valence-electron chi connectivity index (χ0n) is 10.8. The van der Waals surface area contributed by atoms with Crippen LogP contribution in [0.25, 0.3) is 0 Å². The van der Waals surface area contributed by atoms with Gasteiger partial charge in [0.05, 0.1) is 6.54 Å². The van der Waals surface area contributed by atoms with Crippen LogP contribution in [0.1, 0.15) is 24.2 Å². The van der Waals surface area contributed by atoms with Crippen LogP contribution in [0.5, 0.6) is 5.75 Å². The largest absolute Gasteiger partial charge is 0.482 e. The summed E-state index contributed by atoms with van der Waals surface area (Å²) in [7, 11) is 0. The van der Waals surface area contributed by atoms with Crippen molar-refractivity contribution in [2.45, 2.75) is 19.5 Å². The van der Waals surface area contributed by atoms with Crippen molar-refractivity contribution in [3.05, 3.63) is 29.8 Å². The van der Waals surface area contributed by atoms with Crippen LogP contribution in [-0.4, -0.2) is 35.8 Å². The zero-order chi connectivity index (χ0) is 14.5. The maximum Gasteiger partial charge on any atom is 0.341 e. The monoisotopic (exact) mass is 269 g/mol. The van der Waals surface area contributed by atoms with E-state index in [4.69, 9.17) is 9.84 Å². The van der Waals surface area contributed by atoms with E-state index in [0.29, 0.717) is 0 Å². The molecule has 0 saturated heterocycles. The average Bonchev–Trinajstić information content (AvgIpc) is 2.33. The molecular formula is C13H16FNO4. The average molecular weight is 269 g/mol. The van der Waals surface area contributed by atoms with E-state index in [1.165, 1.54) is 26.0 Å². The second-order valence-corrected chi connectivity index (χ2v) is 4.61. The summed E-state index contributed by atoms with van der Waals surface area (Å²) in [4.78, 5) is 22.1. The lowest BCUT2D eigenvalue weighted by Crippen LogP contribution is -2.35. The molecule has 1 aromatic rings. The summed E-state index contributed by atoms with van der Waals surface area (Å²) < 4.78 is 18.2. The molecule has 1 rings (SSSR count). The zero-order valence-corrected chi connectivity index (χ0v) is 10.8. The summed E-state index contributed by atoms with van der Waals surface area (Å²) in [5, 5.41) is 10.9. The number of carbonyl (C=O) groups excluding carboxylic acids is 1. The number of ether oxygens (including phenoxy) is 1. The fraction of sp³-hybridized carbons (Fsp3) is 0.385. The van der Waals surface area contributed by atoms with Gasteiger partial charge in [-0.25, -0.2) is 9.18 Å². The Labute approximate surface area is 110 Å². The van der Waals surface area contributed by atoms with Crippen molar-refractivity contribution in [3.8, 4) is 5.75 Å². The van der Waals surface area contributed by atoms with Gasteiger partial charge in [0.2, 0.25) is 0 Å². The quantitative estimate of drug-likeness (QED) is 0.823. The second kappa shape index (κ2) is 6.17. The summed E-state index contributed by atoms with van der Waals surface area (Å²) in [6.07, 6.45) is 0. The number of nitrogens with one attached hydrogen (secondary N) is 1. The first-order valence-electron chi connectivity index (χ1n) is 5.70. The number of carbonyl (C=O) groups is 2. The van der Waals surface area contributed by atoms with Gasteiger partial charge in [-0.3, -0.25) is 4.79 Å². The molecule has 0 fully saturated rings. The SMILES string of the molecule is CC(C)(F)CNC(=O)c1cccc(OCC(=O)O)c1. The summed E-state index contributed by atoms with van der Waals surface area (Å²) >= 11 is 0. The van der Waals surface area contributed by atoms with Crippen LogP contribution in [0.2, 0.25) is 0 Å². The molecule has 0 spiro atoms. The predicted octanol–water partition coefficient (Wildman–Crippen LogP) is 1.63. The molecule has 19 heavy (non-hydrogen) atoms.